The first-order chi connectivity index (χ1) is 9.99. The van der Waals surface area contributed by atoms with E-state index in [4.69, 9.17) is 4.74 Å². The number of aryl methyl sites for hydroxylation is 3. The van der Waals surface area contributed by atoms with Gasteiger partial charge in [0.25, 0.3) is 0 Å². The third kappa shape index (κ3) is 3.75. The quantitative estimate of drug-likeness (QED) is 0.884. The predicted octanol–water partition coefficient (Wildman–Crippen LogP) is 4.26. The fourth-order valence-electron chi connectivity index (χ4n) is 2.01. The first-order valence-electron chi connectivity index (χ1n) is 6.79. The normalized spacial score (nSPS) is 10.1. The molecule has 2 rings (SSSR count). The van der Waals surface area contributed by atoms with E-state index in [9.17, 15) is 4.79 Å². The van der Waals surface area contributed by atoms with E-state index >= 15 is 0 Å². The van der Waals surface area contributed by atoms with Crippen molar-refractivity contribution in [2.75, 3.05) is 17.7 Å². The second kappa shape index (κ2) is 6.31. The third-order valence-electron chi connectivity index (χ3n) is 3.45. The lowest BCUT2D eigenvalue weighted by atomic mass is 10.1. The Morgan fingerprint density at radius 1 is 0.905 bits per heavy atom. The van der Waals surface area contributed by atoms with Crippen molar-refractivity contribution in [3.05, 3.63) is 53.1 Å². The van der Waals surface area contributed by atoms with Gasteiger partial charge in [-0.2, -0.15) is 0 Å². The highest BCUT2D eigenvalue weighted by Crippen LogP contribution is 2.21. The van der Waals surface area contributed by atoms with E-state index < -0.39 is 0 Å². The van der Waals surface area contributed by atoms with Crippen LogP contribution in [0.25, 0.3) is 0 Å². The van der Waals surface area contributed by atoms with E-state index in [0.717, 1.165) is 28.3 Å². The minimum absolute atomic E-state index is 0.258. The number of hydrogen-bond donors (Lipinski definition) is 2. The van der Waals surface area contributed by atoms with Crippen LogP contribution >= 0.6 is 0 Å². The molecular formula is C17H20N2O2. The van der Waals surface area contributed by atoms with Crippen LogP contribution in [0.15, 0.2) is 36.4 Å². The van der Waals surface area contributed by atoms with Gasteiger partial charge in [-0.05, 0) is 67.8 Å². The molecule has 4 heteroatoms. The summed E-state index contributed by atoms with van der Waals surface area (Å²) in [7, 11) is 1.62. The second-order valence-electron chi connectivity index (χ2n) is 5.06. The molecule has 0 fully saturated rings. The van der Waals surface area contributed by atoms with Crippen molar-refractivity contribution < 1.29 is 9.53 Å². The molecular weight excluding hydrogens is 264 g/mol. The van der Waals surface area contributed by atoms with Crippen LogP contribution < -0.4 is 15.4 Å². The average molecular weight is 284 g/mol. The Labute approximate surface area is 125 Å². The van der Waals surface area contributed by atoms with Crippen LogP contribution in [-0.4, -0.2) is 13.1 Å². The summed E-state index contributed by atoms with van der Waals surface area (Å²) >= 11 is 0. The van der Waals surface area contributed by atoms with Crippen LogP contribution in [0.5, 0.6) is 5.75 Å². The number of urea groups is 1. The highest BCUT2D eigenvalue weighted by molar-refractivity contribution is 6.00. The van der Waals surface area contributed by atoms with Gasteiger partial charge in [0.05, 0.1) is 7.11 Å². The molecule has 0 aromatic heterocycles. The summed E-state index contributed by atoms with van der Waals surface area (Å²) in [5.74, 6) is 0.771. The van der Waals surface area contributed by atoms with Gasteiger partial charge in [0.1, 0.15) is 5.75 Å². The zero-order valence-corrected chi connectivity index (χ0v) is 12.8. The molecule has 0 heterocycles. The fourth-order valence-corrected chi connectivity index (χ4v) is 2.01. The topological polar surface area (TPSA) is 50.4 Å². The first kappa shape index (κ1) is 14.9. The molecule has 0 radical (unpaired) electrons. The Morgan fingerprint density at radius 3 is 2.29 bits per heavy atom. The zero-order chi connectivity index (χ0) is 15.4. The van der Waals surface area contributed by atoms with Crippen LogP contribution in [0.1, 0.15) is 16.7 Å². The van der Waals surface area contributed by atoms with E-state index in [1.165, 1.54) is 5.56 Å². The molecule has 0 aliphatic rings. The van der Waals surface area contributed by atoms with Crippen molar-refractivity contribution in [1.82, 2.24) is 0 Å². The van der Waals surface area contributed by atoms with E-state index in [0.29, 0.717) is 0 Å². The average Bonchev–Trinajstić information content (AvgIpc) is 2.45. The van der Waals surface area contributed by atoms with Crippen LogP contribution in [0, 0.1) is 20.8 Å². The summed E-state index contributed by atoms with van der Waals surface area (Å²) in [6, 6.07) is 11.1. The Morgan fingerprint density at radius 2 is 1.67 bits per heavy atom. The van der Waals surface area contributed by atoms with Crippen molar-refractivity contribution in [2.24, 2.45) is 0 Å². The van der Waals surface area contributed by atoms with Gasteiger partial charge in [-0.15, -0.1) is 0 Å². The van der Waals surface area contributed by atoms with Gasteiger partial charge >= 0.3 is 6.03 Å². The van der Waals surface area contributed by atoms with Gasteiger partial charge in [0.15, 0.2) is 0 Å². The maximum Gasteiger partial charge on any atom is 0.323 e. The smallest absolute Gasteiger partial charge is 0.323 e. The molecule has 0 saturated carbocycles. The summed E-state index contributed by atoms with van der Waals surface area (Å²) in [6.07, 6.45) is 0. The monoisotopic (exact) mass is 284 g/mol. The molecule has 0 spiro atoms. The number of ether oxygens (including phenoxy) is 1. The molecule has 0 unspecified atom stereocenters. The molecule has 0 bridgehead atoms. The van der Waals surface area contributed by atoms with Crippen molar-refractivity contribution in [3.8, 4) is 5.75 Å². The first-order valence-corrected chi connectivity index (χ1v) is 6.79. The minimum Gasteiger partial charge on any atom is -0.497 e. The van der Waals surface area contributed by atoms with Crippen molar-refractivity contribution in [3.63, 3.8) is 0 Å². The zero-order valence-electron chi connectivity index (χ0n) is 12.8. The molecule has 2 aromatic rings. The Kier molecular flexibility index (Phi) is 4.48. The number of benzene rings is 2. The van der Waals surface area contributed by atoms with E-state index in [1.807, 2.05) is 57.2 Å². The van der Waals surface area contributed by atoms with Gasteiger partial charge in [0, 0.05) is 11.4 Å². The molecule has 21 heavy (non-hydrogen) atoms. The number of hydrogen-bond acceptors (Lipinski definition) is 2. The van der Waals surface area contributed by atoms with E-state index in [1.54, 1.807) is 7.11 Å². The fraction of sp³-hybridized carbons (Fsp3) is 0.235. The number of amides is 2. The Bertz CT molecular complexity index is 666. The highest BCUT2D eigenvalue weighted by atomic mass is 16.5. The number of rotatable bonds is 3. The summed E-state index contributed by atoms with van der Waals surface area (Å²) in [6.45, 7) is 5.99. The molecule has 0 atom stereocenters. The Hall–Kier alpha value is -2.49. The van der Waals surface area contributed by atoms with Crippen molar-refractivity contribution in [2.45, 2.75) is 20.8 Å². The summed E-state index contributed by atoms with van der Waals surface area (Å²) < 4.78 is 5.15. The maximum absolute atomic E-state index is 12.0. The SMILES string of the molecule is COc1ccc(NC(=O)Nc2ccc(C)c(C)c2)c(C)c1. The van der Waals surface area contributed by atoms with Gasteiger partial charge in [-0.3, -0.25) is 0 Å². The molecule has 110 valence electrons. The molecule has 4 nitrogen and oxygen atoms in total. The second-order valence-corrected chi connectivity index (χ2v) is 5.06. The predicted molar refractivity (Wildman–Crippen MR) is 86.3 cm³/mol. The molecule has 0 saturated heterocycles. The van der Waals surface area contributed by atoms with E-state index in [2.05, 4.69) is 10.6 Å². The van der Waals surface area contributed by atoms with Crippen LogP contribution in [0.3, 0.4) is 0 Å². The lowest BCUT2D eigenvalue weighted by molar-refractivity contribution is 0.262. The number of carbonyl (C=O) groups excluding carboxylic acids is 1. The summed E-state index contributed by atoms with van der Waals surface area (Å²) in [4.78, 5) is 12.0. The number of anilines is 2. The minimum atomic E-state index is -0.258. The lowest BCUT2D eigenvalue weighted by Crippen LogP contribution is -2.20. The van der Waals surface area contributed by atoms with Gasteiger partial charge in [-0.25, -0.2) is 4.79 Å². The summed E-state index contributed by atoms with van der Waals surface area (Å²) in [5, 5.41) is 5.67. The summed E-state index contributed by atoms with van der Waals surface area (Å²) in [5.41, 5.74) is 4.84. The van der Waals surface area contributed by atoms with Crippen LogP contribution in [0.4, 0.5) is 16.2 Å². The molecule has 2 N–H and O–H groups in total. The third-order valence-corrected chi connectivity index (χ3v) is 3.45. The Balaban J connectivity index is 2.06. The molecule has 2 aromatic carbocycles. The van der Waals surface area contributed by atoms with Gasteiger partial charge in [0.2, 0.25) is 0 Å². The lowest BCUT2D eigenvalue weighted by Gasteiger charge is -2.12. The number of methoxy groups -OCH3 is 1. The van der Waals surface area contributed by atoms with Crippen LogP contribution in [-0.2, 0) is 0 Å². The number of carbonyl (C=O) groups is 1. The number of nitrogens with one attached hydrogen (secondary N) is 2. The van der Waals surface area contributed by atoms with Gasteiger partial charge in [-0.1, -0.05) is 6.07 Å². The maximum atomic E-state index is 12.0. The molecule has 0 aliphatic carbocycles. The highest BCUT2D eigenvalue weighted by Gasteiger charge is 2.06. The van der Waals surface area contributed by atoms with Crippen LogP contribution in [0.2, 0.25) is 0 Å². The molecule has 0 aliphatic heterocycles. The van der Waals surface area contributed by atoms with Gasteiger partial charge < -0.3 is 15.4 Å². The standard InChI is InChI=1S/C17H20N2O2/c1-11-5-6-14(9-12(11)2)18-17(20)19-16-8-7-15(21-4)10-13(16)3/h5-10H,1-4H3,(H2,18,19,20). The molecule has 2 amide bonds. The van der Waals surface area contributed by atoms with Crippen molar-refractivity contribution in [1.29, 1.82) is 0 Å². The largest absolute Gasteiger partial charge is 0.497 e. The van der Waals surface area contributed by atoms with Crippen molar-refractivity contribution >= 4 is 17.4 Å². The van der Waals surface area contributed by atoms with E-state index in [-0.39, 0.29) is 6.03 Å².